The zero-order valence-electron chi connectivity index (χ0n) is 12.7. The van der Waals surface area contributed by atoms with E-state index in [0.717, 1.165) is 37.8 Å². The van der Waals surface area contributed by atoms with Crippen LogP contribution < -0.4 is 0 Å². The summed E-state index contributed by atoms with van der Waals surface area (Å²) in [5.41, 5.74) is 1.51. The van der Waals surface area contributed by atoms with Gasteiger partial charge in [0.2, 0.25) is 0 Å². The van der Waals surface area contributed by atoms with E-state index in [4.69, 9.17) is 5.11 Å². The normalized spacial score (nSPS) is 12.7. The molecule has 0 bridgehead atoms. The minimum absolute atomic E-state index is 0.188. The maximum Gasteiger partial charge on any atom is 0.303 e. The van der Waals surface area contributed by atoms with E-state index in [2.05, 4.69) is 11.9 Å². The van der Waals surface area contributed by atoms with Crippen LogP contribution >= 0.6 is 0 Å². The molecule has 1 aromatic rings. The number of aliphatic hydroxyl groups is 1. The van der Waals surface area contributed by atoms with Crippen molar-refractivity contribution in [2.45, 2.75) is 58.0 Å². The largest absolute Gasteiger partial charge is 0.481 e. The SMILES string of the molecule is CCCCCC(O)c1cccc(C=CCCCC(=O)O)n1. The third-order valence-corrected chi connectivity index (χ3v) is 3.26. The first-order valence-corrected chi connectivity index (χ1v) is 7.67. The highest BCUT2D eigenvalue weighted by Gasteiger charge is 2.08. The molecule has 0 saturated heterocycles. The van der Waals surface area contributed by atoms with Crippen LogP contribution in [0.5, 0.6) is 0 Å². The number of pyridine rings is 1. The van der Waals surface area contributed by atoms with Crippen LogP contribution in [0.25, 0.3) is 6.08 Å². The first-order valence-electron chi connectivity index (χ1n) is 7.67. The average Bonchev–Trinajstić information content (AvgIpc) is 2.47. The molecular weight excluding hydrogens is 266 g/mol. The van der Waals surface area contributed by atoms with Crippen LogP contribution in [-0.2, 0) is 4.79 Å². The van der Waals surface area contributed by atoms with E-state index in [9.17, 15) is 9.90 Å². The molecule has 4 heteroatoms. The number of carboxylic acid groups (broad SMARTS) is 1. The second-order valence-corrected chi connectivity index (χ2v) is 5.19. The van der Waals surface area contributed by atoms with E-state index in [0.29, 0.717) is 12.1 Å². The lowest BCUT2D eigenvalue weighted by atomic mass is 10.1. The molecule has 0 spiro atoms. The zero-order valence-corrected chi connectivity index (χ0v) is 12.7. The van der Waals surface area contributed by atoms with Crippen molar-refractivity contribution in [2.24, 2.45) is 0 Å². The van der Waals surface area contributed by atoms with Crippen LogP contribution in [0.3, 0.4) is 0 Å². The molecule has 1 aromatic heterocycles. The van der Waals surface area contributed by atoms with Gasteiger partial charge in [-0.2, -0.15) is 0 Å². The summed E-state index contributed by atoms with van der Waals surface area (Å²) in [4.78, 5) is 14.8. The fraction of sp³-hybridized carbons (Fsp3) is 0.529. The van der Waals surface area contributed by atoms with Crippen LogP contribution in [0, 0.1) is 0 Å². The zero-order chi connectivity index (χ0) is 15.5. The fourth-order valence-electron chi connectivity index (χ4n) is 2.06. The quantitative estimate of drug-likeness (QED) is 0.640. The smallest absolute Gasteiger partial charge is 0.303 e. The van der Waals surface area contributed by atoms with E-state index < -0.39 is 12.1 Å². The van der Waals surface area contributed by atoms with Gasteiger partial charge in [-0.25, -0.2) is 0 Å². The number of aromatic nitrogens is 1. The molecule has 2 N–H and O–H groups in total. The molecule has 0 aliphatic heterocycles. The van der Waals surface area contributed by atoms with Crippen molar-refractivity contribution in [3.63, 3.8) is 0 Å². The predicted octanol–water partition coefficient (Wildman–Crippen LogP) is 3.96. The highest BCUT2D eigenvalue weighted by atomic mass is 16.4. The molecule has 0 aromatic carbocycles. The summed E-state index contributed by atoms with van der Waals surface area (Å²) in [6, 6.07) is 5.62. The fourth-order valence-corrected chi connectivity index (χ4v) is 2.06. The Hall–Kier alpha value is -1.68. The third-order valence-electron chi connectivity index (χ3n) is 3.26. The Kier molecular flexibility index (Phi) is 8.36. The number of nitrogens with zero attached hydrogens (tertiary/aromatic N) is 1. The van der Waals surface area contributed by atoms with Crippen molar-refractivity contribution < 1.29 is 15.0 Å². The third kappa shape index (κ3) is 7.61. The lowest BCUT2D eigenvalue weighted by molar-refractivity contribution is -0.137. The Bertz CT molecular complexity index is 457. The van der Waals surface area contributed by atoms with E-state index in [1.54, 1.807) is 0 Å². The van der Waals surface area contributed by atoms with Crippen molar-refractivity contribution >= 4 is 12.0 Å². The maximum absolute atomic E-state index is 10.4. The summed E-state index contributed by atoms with van der Waals surface area (Å²) in [5.74, 6) is -0.765. The molecule has 1 atom stereocenters. The molecule has 1 unspecified atom stereocenters. The molecule has 0 radical (unpaired) electrons. The molecule has 0 amide bonds. The summed E-state index contributed by atoms with van der Waals surface area (Å²) >= 11 is 0. The van der Waals surface area contributed by atoms with Gasteiger partial charge in [0.25, 0.3) is 0 Å². The van der Waals surface area contributed by atoms with Crippen LogP contribution in [0.2, 0.25) is 0 Å². The molecule has 0 saturated carbocycles. The molecule has 116 valence electrons. The standard InChI is InChI=1S/C17H25NO3/c1-2-3-5-12-16(19)15-11-8-10-14(18-15)9-6-4-7-13-17(20)21/h6,8-11,16,19H,2-5,7,12-13H2,1H3,(H,20,21). The molecule has 0 fully saturated rings. The number of unbranched alkanes of at least 4 members (excludes halogenated alkanes) is 3. The molecular formula is C17H25NO3. The second-order valence-electron chi connectivity index (χ2n) is 5.19. The van der Waals surface area contributed by atoms with Crippen LogP contribution in [-0.4, -0.2) is 21.2 Å². The van der Waals surface area contributed by atoms with Gasteiger partial charge in [-0.3, -0.25) is 9.78 Å². The van der Waals surface area contributed by atoms with E-state index in [1.165, 1.54) is 0 Å². The van der Waals surface area contributed by atoms with Crippen molar-refractivity contribution in [3.05, 3.63) is 35.7 Å². The molecule has 4 nitrogen and oxygen atoms in total. The number of allylic oxidation sites excluding steroid dienone is 1. The summed E-state index contributed by atoms with van der Waals surface area (Å²) in [6.07, 6.45) is 8.86. The lowest BCUT2D eigenvalue weighted by Gasteiger charge is -2.10. The highest BCUT2D eigenvalue weighted by Crippen LogP contribution is 2.18. The monoisotopic (exact) mass is 291 g/mol. The number of rotatable bonds is 10. The van der Waals surface area contributed by atoms with Gasteiger partial charge in [0.05, 0.1) is 17.5 Å². The Balaban J connectivity index is 2.47. The lowest BCUT2D eigenvalue weighted by Crippen LogP contribution is -2.01. The second kappa shape index (κ2) is 10.1. The molecule has 21 heavy (non-hydrogen) atoms. The Morgan fingerprint density at radius 1 is 1.33 bits per heavy atom. The van der Waals surface area contributed by atoms with Crippen LogP contribution in [0.1, 0.15) is 69.4 Å². The van der Waals surface area contributed by atoms with Crippen molar-refractivity contribution in [1.82, 2.24) is 4.98 Å². The summed E-state index contributed by atoms with van der Waals surface area (Å²) < 4.78 is 0. The van der Waals surface area contributed by atoms with Gasteiger partial charge in [0.1, 0.15) is 0 Å². The van der Waals surface area contributed by atoms with Crippen LogP contribution in [0.4, 0.5) is 0 Å². The highest BCUT2D eigenvalue weighted by molar-refractivity contribution is 5.66. The first kappa shape index (κ1) is 17.4. The molecule has 0 aliphatic carbocycles. The Morgan fingerprint density at radius 2 is 2.14 bits per heavy atom. The number of carboxylic acids is 1. The predicted molar refractivity (Wildman–Crippen MR) is 83.9 cm³/mol. The van der Waals surface area contributed by atoms with Gasteiger partial charge < -0.3 is 10.2 Å². The van der Waals surface area contributed by atoms with Gasteiger partial charge in [-0.1, -0.05) is 38.3 Å². The average molecular weight is 291 g/mol. The summed E-state index contributed by atoms with van der Waals surface area (Å²) in [5, 5.41) is 18.6. The van der Waals surface area contributed by atoms with Gasteiger partial charge in [0, 0.05) is 6.42 Å². The number of hydrogen-bond donors (Lipinski definition) is 2. The number of aliphatic carboxylic acids is 1. The van der Waals surface area contributed by atoms with E-state index >= 15 is 0 Å². The van der Waals surface area contributed by atoms with Crippen molar-refractivity contribution in [2.75, 3.05) is 0 Å². The Morgan fingerprint density at radius 3 is 2.86 bits per heavy atom. The summed E-state index contributed by atoms with van der Waals surface area (Å²) in [6.45, 7) is 2.14. The minimum Gasteiger partial charge on any atom is -0.481 e. The molecule has 1 heterocycles. The van der Waals surface area contributed by atoms with Gasteiger partial charge in [-0.05, 0) is 37.5 Å². The first-order chi connectivity index (χ1) is 10.1. The van der Waals surface area contributed by atoms with Crippen molar-refractivity contribution in [3.8, 4) is 0 Å². The van der Waals surface area contributed by atoms with Gasteiger partial charge in [0.15, 0.2) is 0 Å². The molecule has 0 aliphatic rings. The number of hydrogen-bond acceptors (Lipinski definition) is 3. The minimum atomic E-state index is -0.765. The van der Waals surface area contributed by atoms with Gasteiger partial charge >= 0.3 is 5.97 Å². The maximum atomic E-state index is 10.4. The van der Waals surface area contributed by atoms with E-state index in [1.807, 2.05) is 30.4 Å². The van der Waals surface area contributed by atoms with Crippen LogP contribution in [0.15, 0.2) is 24.3 Å². The number of carbonyl (C=O) groups is 1. The Labute approximate surface area is 126 Å². The summed E-state index contributed by atoms with van der Waals surface area (Å²) in [7, 11) is 0. The topological polar surface area (TPSA) is 70.4 Å². The van der Waals surface area contributed by atoms with E-state index in [-0.39, 0.29) is 6.42 Å². The number of aliphatic hydroxyl groups excluding tert-OH is 1. The van der Waals surface area contributed by atoms with Gasteiger partial charge in [-0.15, -0.1) is 0 Å². The molecule has 1 rings (SSSR count). The van der Waals surface area contributed by atoms with Crippen molar-refractivity contribution in [1.29, 1.82) is 0 Å².